The van der Waals surface area contributed by atoms with Gasteiger partial charge in [-0.25, -0.2) is 0 Å². The highest BCUT2D eigenvalue weighted by atomic mass is 16.6. The van der Waals surface area contributed by atoms with E-state index in [-0.39, 0.29) is 29.1 Å². The van der Waals surface area contributed by atoms with Gasteiger partial charge < -0.3 is 11.1 Å². The summed E-state index contributed by atoms with van der Waals surface area (Å²) in [5.41, 5.74) is 5.68. The number of hydrogen-bond donors (Lipinski definition) is 2. The zero-order valence-electron chi connectivity index (χ0n) is 10.8. The lowest BCUT2D eigenvalue weighted by Gasteiger charge is -2.29. The minimum atomic E-state index is -0.650. The summed E-state index contributed by atoms with van der Waals surface area (Å²) in [7, 11) is 0. The molecule has 0 amide bonds. The molecule has 8 nitrogen and oxygen atoms in total. The molecule has 1 aliphatic carbocycles. The molecule has 1 fully saturated rings. The van der Waals surface area contributed by atoms with Crippen molar-refractivity contribution in [3.8, 4) is 0 Å². The van der Waals surface area contributed by atoms with Crippen molar-refractivity contribution < 1.29 is 9.85 Å². The maximum atomic E-state index is 11.0. The zero-order valence-corrected chi connectivity index (χ0v) is 10.8. The molecule has 0 heterocycles. The third-order valence-electron chi connectivity index (χ3n) is 3.55. The smallest absolute Gasteiger partial charge is 0.299 e. The van der Waals surface area contributed by atoms with Crippen LogP contribution in [0.2, 0.25) is 0 Å². The van der Waals surface area contributed by atoms with E-state index in [9.17, 15) is 20.2 Å². The number of hydrogen-bond acceptors (Lipinski definition) is 6. The molecule has 1 aromatic carbocycles. The molecule has 0 aromatic heterocycles. The fourth-order valence-electron chi connectivity index (χ4n) is 2.45. The molecule has 0 spiro atoms. The molecule has 1 aromatic rings. The van der Waals surface area contributed by atoms with Crippen LogP contribution >= 0.6 is 0 Å². The van der Waals surface area contributed by atoms with Crippen molar-refractivity contribution in [3.05, 3.63) is 38.4 Å². The van der Waals surface area contributed by atoms with Gasteiger partial charge in [-0.15, -0.1) is 0 Å². The van der Waals surface area contributed by atoms with Crippen molar-refractivity contribution in [2.24, 2.45) is 5.73 Å². The van der Waals surface area contributed by atoms with Gasteiger partial charge in [-0.1, -0.05) is 12.8 Å². The van der Waals surface area contributed by atoms with Crippen LogP contribution in [-0.4, -0.2) is 21.9 Å². The van der Waals surface area contributed by atoms with Crippen LogP contribution in [0.5, 0.6) is 0 Å². The van der Waals surface area contributed by atoms with Gasteiger partial charge in [-0.3, -0.25) is 20.2 Å². The Balaban J connectivity index is 2.26. The number of anilines is 1. The van der Waals surface area contributed by atoms with E-state index in [0.29, 0.717) is 0 Å². The molecule has 0 aliphatic heterocycles. The number of benzene rings is 1. The number of nitrogens with one attached hydrogen (secondary N) is 1. The summed E-state index contributed by atoms with van der Waals surface area (Å²) in [4.78, 5) is 20.4. The summed E-state index contributed by atoms with van der Waals surface area (Å²) in [5.74, 6) is 0. The summed E-state index contributed by atoms with van der Waals surface area (Å²) in [5, 5.41) is 24.8. The first kappa shape index (κ1) is 14.2. The topological polar surface area (TPSA) is 124 Å². The lowest BCUT2D eigenvalue weighted by atomic mass is 9.91. The van der Waals surface area contributed by atoms with Gasteiger partial charge in [0.1, 0.15) is 5.69 Å². The van der Waals surface area contributed by atoms with Crippen LogP contribution in [0.25, 0.3) is 0 Å². The Labute approximate surface area is 115 Å². The Kier molecular flexibility index (Phi) is 4.14. The lowest BCUT2D eigenvalue weighted by Crippen LogP contribution is -2.42. The molecule has 108 valence electrons. The van der Waals surface area contributed by atoms with Gasteiger partial charge in [0, 0.05) is 18.2 Å². The van der Waals surface area contributed by atoms with E-state index in [4.69, 9.17) is 5.73 Å². The molecule has 2 unspecified atom stereocenters. The summed E-state index contributed by atoms with van der Waals surface area (Å²) >= 11 is 0. The highest BCUT2D eigenvalue weighted by Gasteiger charge is 2.25. The molecule has 1 aliphatic rings. The molecule has 3 N–H and O–H groups in total. The molecule has 2 rings (SSSR count). The lowest BCUT2D eigenvalue weighted by molar-refractivity contribution is -0.393. The van der Waals surface area contributed by atoms with E-state index in [0.717, 1.165) is 31.7 Å². The highest BCUT2D eigenvalue weighted by molar-refractivity contribution is 5.65. The van der Waals surface area contributed by atoms with E-state index in [2.05, 4.69) is 5.32 Å². The summed E-state index contributed by atoms with van der Waals surface area (Å²) in [6.45, 7) is 0. The molecular formula is C12H16N4O4. The first-order chi connectivity index (χ1) is 9.49. The molecule has 0 radical (unpaired) electrons. The Morgan fingerprint density at radius 3 is 2.45 bits per heavy atom. The third-order valence-corrected chi connectivity index (χ3v) is 3.55. The molecule has 0 bridgehead atoms. The molecular weight excluding hydrogens is 264 g/mol. The predicted molar refractivity (Wildman–Crippen MR) is 73.6 cm³/mol. The van der Waals surface area contributed by atoms with Crippen LogP contribution in [0, 0.1) is 20.2 Å². The van der Waals surface area contributed by atoms with Crippen LogP contribution in [0.1, 0.15) is 25.7 Å². The number of rotatable bonds is 4. The van der Waals surface area contributed by atoms with Gasteiger partial charge >= 0.3 is 0 Å². The van der Waals surface area contributed by atoms with E-state index >= 15 is 0 Å². The van der Waals surface area contributed by atoms with Gasteiger partial charge in [0.25, 0.3) is 11.4 Å². The van der Waals surface area contributed by atoms with Gasteiger partial charge in [-0.05, 0) is 18.9 Å². The predicted octanol–water partition coefficient (Wildman–Crippen LogP) is 2.18. The quantitative estimate of drug-likeness (QED) is 0.643. The average Bonchev–Trinajstić information content (AvgIpc) is 2.41. The van der Waals surface area contributed by atoms with Gasteiger partial charge in [0.05, 0.1) is 15.9 Å². The Morgan fingerprint density at radius 1 is 1.15 bits per heavy atom. The van der Waals surface area contributed by atoms with Crippen molar-refractivity contribution in [2.45, 2.75) is 37.8 Å². The number of nitrogens with two attached hydrogens (primary N) is 1. The van der Waals surface area contributed by atoms with Gasteiger partial charge in [0.15, 0.2) is 0 Å². The third kappa shape index (κ3) is 3.02. The number of nitro benzene ring substituents is 2. The second-order valence-electron chi connectivity index (χ2n) is 4.91. The monoisotopic (exact) mass is 280 g/mol. The normalized spacial score (nSPS) is 22.2. The Hall–Kier alpha value is -2.22. The first-order valence-corrected chi connectivity index (χ1v) is 6.44. The van der Waals surface area contributed by atoms with Crippen molar-refractivity contribution in [1.82, 2.24) is 0 Å². The van der Waals surface area contributed by atoms with E-state index in [1.165, 1.54) is 12.1 Å². The molecule has 8 heteroatoms. The molecule has 1 saturated carbocycles. The fourth-order valence-corrected chi connectivity index (χ4v) is 2.45. The second-order valence-corrected chi connectivity index (χ2v) is 4.91. The van der Waals surface area contributed by atoms with Crippen molar-refractivity contribution >= 4 is 17.1 Å². The maximum absolute atomic E-state index is 11.0. The largest absolute Gasteiger partial charge is 0.375 e. The first-order valence-electron chi connectivity index (χ1n) is 6.44. The van der Waals surface area contributed by atoms with Gasteiger partial charge in [-0.2, -0.15) is 0 Å². The van der Waals surface area contributed by atoms with Crippen LogP contribution in [-0.2, 0) is 0 Å². The second kappa shape index (κ2) is 5.83. The van der Waals surface area contributed by atoms with Crippen molar-refractivity contribution in [2.75, 3.05) is 5.32 Å². The fraction of sp³-hybridized carbons (Fsp3) is 0.500. The van der Waals surface area contributed by atoms with Crippen molar-refractivity contribution in [3.63, 3.8) is 0 Å². The highest BCUT2D eigenvalue weighted by Crippen LogP contribution is 2.31. The van der Waals surface area contributed by atoms with E-state index in [1.807, 2.05) is 0 Å². The van der Waals surface area contributed by atoms with Crippen LogP contribution in [0.3, 0.4) is 0 Å². The average molecular weight is 280 g/mol. The van der Waals surface area contributed by atoms with E-state index < -0.39 is 9.85 Å². The number of nitrogens with zero attached hydrogens (tertiary/aromatic N) is 2. The van der Waals surface area contributed by atoms with Gasteiger partial charge in [0.2, 0.25) is 0 Å². The summed E-state index contributed by atoms with van der Waals surface area (Å²) < 4.78 is 0. The van der Waals surface area contributed by atoms with Crippen molar-refractivity contribution in [1.29, 1.82) is 0 Å². The maximum Gasteiger partial charge on any atom is 0.299 e. The molecule has 2 atom stereocenters. The minimum absolute atomic E-state index is 0.0380. The Bertz CT molecular complexity index is 534. The summed E-state index contributed by atoms with van der Waals surface area (Å²) in [6, 6.07) is 3.50. The van der Waals surface area contributed by atoms with E-state index in [1.54, 1.807) is 0 Å². The Morgan fingerprint density at radius 2 is 1.85 bits per heavy atom. The minimum Gasteiger partial charge on any atom is -0.375 e. The van der Waals surface area contributed by atoms with Crippen LogP contribution < -0.4 is 11.1 Å². The number of nitro groups is 2. The molecule has 0 saturated heterocycles. The standard InChI is InChI=1S/C12H16N4O4/c13-9-3-1-2-4-10(9)14-11-6-5-8(15(17)18)7-12(11)16(19)20/h5-7,9-10,14H,1-4,13H2. The molecule has 20 heavy (non-hydrogen) atoms. The zero-order chi connectivity index (χ0) is 14.7. The number of non-ortho nitro benzene ring substituents is 1. The summed E-state index contributed by atoms with van der Waals surface area (Å²) in [6.07, 6.45) is 3.79. The van der Waals surface area contributed by atoms with Crippen LogP contribution in [0.4, 0.5) is 17.1 Å². The van der Waals surface area contributed by atoms with Crippen LogP contribution in [0.15, 0.2) is 18.2 Å². The SMILES string of the molecule is NC1CCCCC1Nc1ccc([N+](=O)[O-])cc1[N+](=O)[O-].